The summed E-state index contributed by atoms with van der Waals surface area (Å²) in [6.07, 6.45) is 1.23. The first-order valence-electron chi connectivity index (χ1n) is 5.24. The number of Topliss-reactive ketones (excluding diaryl/α,β-unsaturated/α-hetero) is 1. The van der Waals surface area contributed by atoms with E-state index in [0.717, 1.165) is 0 Å². The van der Waals surface area contributed by atoms with Crippen LogP contribution in [-0.2, 0) is 19.1 Å². The van der Waals surface area contributed by atoms with E-state index in [1.165, 1.54) is 4.90 Å². The number of nitrogens with zero attached hydrogens (tertiary/aromatic N) is 1. The van der Waals surface area contributed by atoms with Crippen molar-refractivity contribution >= 4 is 11.7 Å². The van der Waals surface area contributed by atoms with Crippen molar-refractivity contribution in [3.63, 3.8) is 0 Å². The molecule has 2 saturated heterocycles. The summed E-state index contributed by atoms with van der Waals surface area (Å²) in [5, 5.41) is 0. The summed E-state index contributed by atoms with van der Waals surface area (Å²) < 4.78 is 11.0. The van der Waals surface area contributed by atoms with Gasteiger partial charge in [-0.25, -0.2) is 0 Å². The summed E-state index contributed by atoms with van der Waals surface area (Å²) in [5.41, 5.74) is 0. The van der Waals surface area contributed by atoms with E-state index in [0.29, 0.717) is 13.2 Å². The van der Waals surface area contributed by atoms with Crippen LogP contribution in [0, 0.1) is 0 Å². The second kappa shape index (κ2) is 3.68. The third kappa shape index (κ3) is 1.66. The molecule has 0 aromatic heterocycles. The average Bonchev–Trinajstić information content (AvgIpc) is 2.57. The minimum Gasteiger partial charge on any atom is -0.348 e. The van der Waals surface area contributed by atoms with Crippen molar-refractivity contribution in [1.29, 1.82) is 0 Å². The molecule has 5 nitrogen and oxygen atoms in total. The van der Waals surface area contributed by atoms with E-state index in [1.54, 1.807) is 19.9 Å². The number of likely N-dealkylation sites (tertiary alicyclic amines) is 1. The summed E-state index contributed by atoms with van der Waals surface area (Å²) in [5.74, 6) is -1.53. The number of rotatable bonds is 3. The van der Waals surface area contributed by atoms with Gasteiger partial charge in [0.05, 0.1) is 6.61 Å². The lowest BCUT2D eigenvalue weighted by molar-refractivity contribution is -0.174. The van der Waals surface area contributed by atoms with Crippen molar-refractivity contribution in [1.82, 2.24) is 4.90 Å². The maximum absolute atomic E-state index is 11.5. The number of β-lactam (4-membered cyclic amide) rings is 1. The molecule has 1 unspecified atom stereocenters. The predicted octanol–water partition coefficient (Wildman–Crippen LogP) is 0.104. The average molecular weight is 225 g/mol. The van der Waals surface area contributed by atoms with Crippen LogP contribution in [0.4, 0.5) is 0 Å². The third-order valence-corrected chi connectivity index (χ3v) is 2.78. The van der Waals surface area contributed by atoms with Crippen LogP contribution < -0.4 is 0 Å². The van der Waals surface area contributed by atoms with Crippen LogP contribution in [0.1, 0.15) is 13.8 Å². The Morgan fingerprint density at radius 1 is 1.56 bits per heavy atom. The molecule has 1 amide bonds. The highest BCUT2D eigenvalue weighted by atomic mass is 16.7. The summed E-state index contributed by atoms with van der Waals surface area (Å²) in [6.45, 7) is 7.84. The third-order valence-electron chi connectivity index (χ3n) is 2.78. The van der Waals surface area contributed by atoms with Gasteiger partial charge in [-0.15, -0.1) is 6.58 Å². The minimum absolute atomic E-state index is 0.338. The smallest absolute Gasteiger partial charge is 0.293 e. The first kappa shape index (κ1) is 11.3. The van der Waals surface area contributed by atoms with E-state index in [9.17, 15) is 9.59 Å². The van der Waals surface area contributed by atoms with Crippen LogP contribution in [0.25, 0.3) is 0 Å². The molecule has 16 heavy (non-hydrogen) atoms. The van der Waals surface area contributed by atoms with Crippen LogP contribution in [-0.4, -0.2) is 47.7 Å². The van der Waals surface area contributed by atoms with E-state index in [1.807, 2.05) is 0 Å². The molecule has 2 atom stereocenters. The van der Waals surface area contributed by atoms with Gasteiger partial charge in [-0.3, -0.25) is 9.59 Å². The van der Waals surface area contributed by atoms with Crippen molar-refractivity contribution < 1.29 is 19.1 Å². The number of carbonyl (C=O) groups is 2. The largest absolute Gasteiger partial charge is 0.348 e. The van der Waals surface area contributed by atoms with Gasteiger partial charge >= 0.3 is 0 Å². The Hall–Kier alpha value is -1.20. The van der Waals surface area contributed by atoms with E-state index < -0.39 is 23.5 Å². The zero-order valence-electron chi connectivity index (χ0n) is 9.43. The molecule has 0 saturated carbocycles. The number of hydrogen-bond acceptors (Lipinski definition) is 4. The monoisotopic (exact) mass is 225 g/mol. The molecule has 88 valence electrons. The van der Waals surface area contributed by atoms with Gasteiger partial charge in [0.15, 0.2) is 5.79 Å². The summed E-state index contributed by atoms with van der Waals surface area (Å²) in [7, 11) is 0. The van der Waals surface area contributed by atoms with Gasteiger partial charge in [0.25, 0.3) is 5.91 Å². The van der Waals surface area contributed by atoms with E-state index >= 15 is 0 Å². The highest BCUT2D eigenvalue weighted by Gasteiger charge is 2.53. The molecule has 0 radical (unpaired) electrons. The first-order valence-corrected chi connectivity index (χ1v) is 5.24. The molecule has 0 spiro atoms. The number of ketones is 1. The van der Waals surface area contributed by atoms with Gasteiger partial charge in [-0.05, 0) is 13.8 Å². The number of hydrogen-bond donors (Lipinski definition) is 0. The van der Waals surface area contributed by atoms with Crippen molar-refractivity contribution in [3.05, 3.63) is 12.7 Å². The van der Waals surface area contributed by atoms with E-state index in [2.05, 4.69) is 6.58 Å². The second-order valence-corrected chi connectivity index (χ2v) is 4.42. The number of carbonyl (C=O) groups excluding carboxylic acids is 2. The fourth-order valence-electron chi connectivity index (χ4n) is 2.05. The van der Waals surface area contributed by atoms with Crippen LogP contribution in [0.3, 0.4) is 0 Å². The molecule has 2 aliphatic heterocycles. The maximum Gasteiger partial charge on any atom is 0.293 e. The van der Waals surface area contributed by atoms with Gasteiger partial charge in [0.2, 0.25) is 5.78 Å². The molecule has 0 aliphatic carbocycles. The maximum atomic E-state index is 11.5. The van der Waals surface area contributed by atoms with Gasteiger partial charge in [0, 0.05) is 6.54 Å². The highest BCUT2D eigenvalue weighted by molar-refractivity contribution is 6.44. The Morgan fingerprint density at radius 2 is 2.25 bits per heavy atom. The van der Waals surface area contributed by atoms with Crippen molar-refractivity contribution in [3.8, 4) is 0 Å². The van der Waals surface area contributed by atoms with Crippen molar-refractivity contribution in [2.75, 3.05) is 13.2 Å². The molecular formula is C11H15NO4. The van der Waals surface area contributed by atoms with E-state index in [-0.39, 0.29) is 6.10 Å². The Bertz CT molecular complexity index is 350. The number of amides is 1. The minimum atomic E-state index is -0.677. The Balaban J connectivity index is 2.07. The van der Waals surface area contributed by atoms with Crippen molar-refractivity contribution in [2.45, 2.75) is 31.8 Å². The molecule has 0 bridgehead atoms. The molecule has 0 N–H and O–H groups in total. The molecule has 2 fully saturated rings. The molecule has 0 aromatic carbocycles. The standard InChI is InChI=1S/C11H15NO4/c1-4-5-12-8(9(13)10(12)14)7-6-15-11(2,3)16-7/h4,7-8H,1,5-6H2,2-3H3/t7?,8-/m0/s1. The molecule has 5 heteroatoms. The predicted molar refractivity (Wildman–Crippen MR) is 55.6 cm³/mol. The molecule has 0 aromatic rings. The summed E-state index contributed by atoms with van der Waals surface area (Å²) >= 11 is 0. The summed E-state index contributed by atoms with van der Waals surface area (Å²) in [4.78, 5) is 24.3. The quantitative estimate of drug-likeness (QED) is 0.388. The Morgan fingerprint density at radius 3 is 2.75 bits per heavy atom. The fourth-order valence-corrected chi connectivity index (χ4v) is 2.05. The number of ether oxygens (including phenoxy) is 2. The summed E-state index contributed by atoms with van der Waals surface area (Å²) in [6, 6.07) is -0.507. The van der Waals surface area contributed by atoms with Crippen LogP contribution >= 0.6 is 0 Å². The molecular weight excluding hydrogens is 210 g/mol. The molecule has 2 heterocycles. The van der Waals surface area contributed by atoms with Crippen LogP contribution in [0.5, 0.6) is 0 Å². The highest BCUT2D eigenvalue weighted by Crippen LogP contribution is 2.30. The lowest BCUT2D eigenvalue weighted by atomic mass is 9.95. The first-order chi connectivity index (χ1) is 7.46. The Labute approximate surface area is 94.0 Å². The van der Waals surface area contributed by atoms with Gasteiger partial charge in [-0.2, -0.15) is 0 Å². The lowest BCUT2D eigenvalue weighted by Gasteiger charge is -2.40. The van der Waals surface area contributed by atoms with Crippen molar-refractivity contribution in [2.24, 2.45) is 0 Å². The topological polar surface area (TPSA) is 55.8 Å². The van der Waals surface area contributed by atoms with Gasteiger partial charge < -0.3 is 14.4 Å². The Kier molecular flexibility index (Phi) is 2.59. The van der Waals surface area contributed by atoms with Gasteiger partial charge in [0.1, 0.15) is 12.1 Å². The normalized spacial score (nSPS) is 32.8. The van der Waals surface area contributed by atoms with E-state index in [4.69, 9.17) is 9.47 Å². The van der Waals surface area contributed by atoms with Crippen LogP contribution in [0.2, 0.25) is 0 Å². The lowest BCUT2D eigenvalue weighted by Crippen LogP contribution is -2.66. The fraction of sp³-hybridized carbons (Fsp3) is 0.636. The molecule has 2 aliphatic rings. The van der Waals surface area contributed by atoms with Crippen LogP contribution in [0.15, 0.2) is 12.7 Å². The zero-order valence-corrected chi connectivity index (χ0v) is 9.43. The van der Waals surface area contributed by atoms with Gasteiger partial charge in [-0.1, -0.05) is 6.08 Å². The molecule has 2 rings (SSSR count). The second-order valence-electron chi connectivity index (χ2n) is 4.42. The zero-order chi connectivity index (χ0) is 11.9. The SMILES string of the molecule is C=CCN1C(=O)C(=O)[C@@H]1C1COC(C)(C)O1.